The van der Waals surface area contributed by atoms with Crippen LogP contribution in [-0.4, -0.2) is 28.0 Å². The van der Waals surface area contributed by atoms with E-state index in [0.29, 0.717) is 12.1 Å². The maximum atomic E-state index is 12.6. The highest BCUT2D eigenvalue weighted by molar-refractivity contribution is 6.00. The number of fused-ring (bicyclic) bond motifs is 3. The standard InChI is InChI=1S/C16H19N3O/c20-16(19-11-3-1-4-12(19)8-7-11)18-15-6-2-5-14-13(15)9-10-17-14/h2,5-6,9-12,17H,1,3-4,7-8H2,(H,18,20). The number of carbonyl (C=O) groups is 1. The first kappa shape index (κ1) is 11.8. The van der Waals surface area contributed by atoms with Crippen molar-refractivity contribution in [3.63, 3.8) is 0 Å². The quantitative estimate of drug-likeness (QED) is 0.814. The van der Waals surface area contributed by atoms with Gasteiger partial charge in [0.05, 0.1) is 5.69 Å². The van der Waals surface area contributed by atoms with Gasteiger partial charge in [-0.15, -0.1) is 0 Å². The third-order valence-corrected chi connectivity index (χ3v) is 4.77. The van der Waals surface area contributed by atoms with Gasteiger partial charge in [0.2, 0.25) is 0 Å². The second-order valence-corrected chi connectivity index (χ2v) is 5.90. The van der Waals surface area contributed by atoms with Crippen LogP contribution in [0.3, 0.4) is 0 Å². The number of rotatable bonds is 1. The highest BCUT2D eigenvalue weighted by atomic mass is 16.2. The summed E-state index contributed by atoms with van der Waals surface area (Å²) in [5.41, 5.74) is 1.96. The summed E-state index contributed by atoms with van der Waals surface area (Å²) in [6, 6.07) is 8.97. The van der Waals surface area contributed by atoms with Crippen molar-refractivity contribution in [1.29, 1.82) is 0 Å². The van der Waals surface area contributed by atoms with Gasteiger partial charge in [-0.3, -0.25) is 0 Å². The monoisotopic (exact) mass is 269 g/mol. The molecule has 0 radical (unpaired) electrons. The van der Waals surface area contributed by atoms with Gasteiger partial charge in [0.15, 0.2) is 0 Å². The van der Waals surface area contributed by atoms with Crippen molar-refractivity contribution in [3.8, 4) is 0 Å². The Morgan fingerprint density at radius 2 is 1.95 bits per heavy atom. The van der Waals surface area contributed by atoms with Gasteiger partial charge in [0, 0.05) is 29.2 Å². The minimum absolute atomic E-state index is 0.0749. The molecular formula is C16H19N3O. The maximum Gasteiger partial charge on any atom is 0.322 e. The number of urea groups is 1. The summed E-state index contributed by atoms with van der Waals surface area (Å²) in [7, 11) is 0. The zero-order chi connectivity index (χ0) is 13.5. The largest absolute Gasteiger partial charge is 0.361 e. The van der Waals surface area contributed by atoms with E-state index >= 15 is 0 Å². The molecule has 20 heavy (non-hydrogen) atoms. The number of H-pyrrole nitrogens is 1. The molecule has 1 aromatic heterocycles. The van der Waals surface area contributed by atoms with Gasteiger partial charge in [0.25, 0.3) is 0 Å². The number of hydrogen-bond acceptors (Lipinski definition) is 1. The van der Waals surface area contributed by atoms with Crippen molar-refractivity contribution >= 4 is 22.6 Å². The Balaban J connectivity index is 1.60. The molecule has 2 fully saturated rings. The Labute approximate surface area is 118 Å². The van der Waals surface area contributed by atoms with Crippen molar-refractivity contribution in [2.75, 3.05) is 5.32 Å². The van der Waals surface area contributed by atoms with Crippen molar-refractivity contribution in [1.82, 2.24) is 9.88 Å². The molecule has 0 aliphatic carbocycles. The van der Waals surface area contributed by atoms with Gasteiger partial charge in [-0.05, 0) is 50.3 Å². The minimum atomic E-state index is 0.0749. The van der Waals surface area contributed by atoms with Crippen LogP contribution in [0.25, 0.3) is 10.9 Å². The molecule has 4 rings (SSSR count). The normalized spacial score (nSPS) is 25.1. The third kappa shape index (κ3) is 1.79. The highest BCUT2D eigenvalue weighted by Gasteiger charge is 2.39. The number of aromatic amines is 1. The predicted molar refractivity (Wildman–Crippen MR) is 79.8 cm³/mol. The molecule has 2 N–H and O–H groups in total. The van der Waals surface area contributed by atoms with Gasteiger partial charge in [-0.2, -0.15) is 0 Å². The van der Waals surface area contributed by atoms with E-state index in [0.717, 1.165) is 29.4 Å². The lowest BCUT2D eigenvalue weighted by Crippen LogP contribution is -2.46. The summed E-state index contributed by atoms with van der Waals surface area (Å²) in [5.74, 6) is 0. The molecule has 2 aliphatic rings. The number of amides is 2. The lowest BCUT2D eigenvalue weighted by molar-refractivity contribution is 0.159. The SMILES string of the molecule is O=C(Nc1cccc2[nH]ccc12)N1C2CCCC1CC2. The first-order valence-corrected chi connectivity index (χ1v) is 7.48. The summed E-state index contributed by atoms with van der Waals surface area (Å²) in [4.78, 5) is 17.9. The molecule has 3 heterocycles. The lowest BCUT2D eigenvalue weighted by Gasteiger charge is -2.34. The number of nitrogens with zero attached hydrogens (tertiary/aromatic N) is 1. The molecule has 0 saturated carbocycles. The number of nitrogens with one attached hydrogen (secondary N) is 2. The first-order valence-electron chi connectivity index (χ1n) is 7.48. The van der Waals surface area contributed by atoms with Crippen molar-refractivity contribution < 1.29 is 4.79 Å². The van der Waals surface area contributed by atoms with Gasteiger partial charge >= 0.3 is 6.03 Å². The smallest absolute Gasteiger partial charge is 0.322 e. The van der Waals surface area contributed by atoms with E-state index in [1.54, 1.807) is 0 Å². The summed E-state index contributed by atoms with van der Waals surface area (Å²) >= 11 is 0. The van der Waals surface area contributed by atoms with Crippen molar-refractivity contribution in [2.24, 2.45) is 0 Å². The number of carbonyl (C=O) groups excluding carboxylic acids is 1. The Bertz CT molecular complexity index is 632. The number of benzene rings is 1. The predicted octanol–water partition coefficient (Wildman–Crippen LogP) is 3.72. The van der Waals surface area contributed by atoms with E-state index < -0.39 is 0 Å². The van der Waals surface area contributed by atoms with E-state index in [2.05, 4.69) is 15.2 Å². The van der Waals surface area contributed by atoms with Crippen LogP contribution in [0.4, 0.5) is 10.5 Å². The molecule has 4 heteroatoms. The van der Waals surface area contributed by atoms with Gasteiger partial charge in [0.1, 0.15) is 0 Å². The van der Waals surface area contributed by atoms with Gasteiger partial charge in [-0.1, -0.05) is 6.07 Å². The van der Waals surface area contributed by atoms with Crippen LogP contribution in [-0.2, 0) is 0 Å². The zero-order valence-corrected chi connectivity index (χ0v) is 11.4. The van der Waals surface area contributed by atoms with Crippen LogP contribution in [0.1, 0.15) is 32.1 Å². The average Bonchev–Trinajstić information content (AvgIpc) is 3.02. The summed E-state index contributed by atoms with van der Waals surface area (Å²) < 4.78 is 0. The molecule has 2 aromatic rings. The summed E-state index contributed by atoms with van der Waals surface area (Å²) in [6.07, 6.45) is 7.85. The van der Waals surface area contributed by atoms with E-state index in [9.17, 15) is 4.79 Å². The van der Waals surface area contributed by atoms with Crippen LogP contribution in [0.2, 0.25) is 0 Å². The van der Waals surface area contributed by atoms with Crippen molar-refractivity contribution in [3.05, 3.63) is 30.5 Å². The molecule has 2 amide bonds. The molecular weight excluding hydrogens is 250 g/mol. The molecule has 104 valence electrons. The maximum absolute atomic E-state index is 12.6. The fourth-order valence-electron chi connectivity index (χ4n) is 3.82. The van der Waals surface area contributed by atoms with Gasteiger partial charge in [-0.25, -0.2) is 4.79 Å². The topological polar surface area (TPSA) is 48.1 Å². The van der Waals surface area contributed by atoms with Crippen LogP contribution in [0.5, 0.6) is 0 Å². The molecule has 2 bridgehead atoms. The Morgan fingerprint density at radius 3 is 2.75 bits per heavy atom. The Hall–Kier alpha value is -1.97. The molecule has 2 saturated heterocycles. The van der Waals surface area contributed by atoms with E-state index in [4.69, 9.17) is 0 Å². The third-order valence-electron chi connectivity index (χ3n) is 4.77. The second-order valence-electron chi connectivity index (χ2n) is 5.90. The highest BCUT2D eigenvalue weighted by Crippen LogP contribution is 2.36. The number of aromatic nitrogens is 1. The van der Waals surface area contributed by atoms with Crippen LogP contribution in [0.15, 0.2) is 30.5 Å². The van der Waals surface area contributed by atoms with Gasteiger partial charge < -0.3 is 15.2 Å². The first-order chi connectivity index (χ1) is 9.83. The lowest BCUT2D eigenvalue weighted by atomic mass is 10.0. The summed E-state index contributed by atoms with van der Waals surface area (Å²) in [5, 5.41) is 4.18. The van der Waals surface area contributed by atoms with E-state index in [1.165, 1.54) is 19.3 Å². The van der Waals surface area contributed by atoms with Crippen molar-refractivity contribution in [2.45, 2.75) is 44.2 Å². The fourth-order valence-corrected chi connectivity index (χ4v) is 3.82. The van der Waals surface area contributed by atoms with E-state index in [-0.39, 0.29) is 6.03 Å². The number of anilines is 1. The Morgan fingerprint density at radius 1 is 1.15 bits per heavy atom. The molecule has 4 nitrogen and oxygen atoms in total. The number of piperidine rings is 1. The zero-order valence-electron chi connectivity index (χ0n) is 11.4. The molecule has 2 aliphatic heterocycles. The molecule has 1 aromatic carbocycles. The molecule has 2 unspecified atom stereocenters. The minimum Gasteiger partial charge on any atom is -0.361 e. The van der Waals surface area contributed by atoms with Crippen LogP contribution in [0, 0.1) is 0 Å². The van der Waals surface area contributed by atoms with Crippen LogP contribution >= 0.6 is 0 Å². The fraction of sp³-hybridized carbons (Fsp3) is 0.438. The Kier molecular flexibility index (Phi) is 2.69. The van der Waals surface area contributed by atoms with Crippen LogP contribution < -0.4 is 5.32 Å². The molecule has 2 atom stereocenters. The second kappa shape index (κ2) is 4.54. The summed E-state index contributed by atoms with van der Waals surface area (Å²) in [6.45, 7) is 0. The average molecular weight is 269 g/mol. The molecule has 0 spiro atoms. The van der Waals surface area contributed by atoms with E-state index in [1.807, 2.05) is 30.5 Å². The number of hydrogen-bond donors (Lipinski definition) is 2.